The van der Waals surface area contributed by atoms with E-state index in [0.717, 1.165) is 35.0 Å². The number of halogens is 1. The zero-order valence-corrected chi connectivity index (χ0v) is 38.9. The second-order valence-electron chi connectivity index (χ2n) is 18.5. The van der Waals surface area contributed by atoms with E-state index in [1.54, 1.807) is 48.3 Å². The first-order valence-corrected chi connectivity index (χ1v) is 22.7. The minimum Gasteiger partial charge on any atom is -0.464 e. The third-order valence-corrected chi connectivity index (χ3v) is 12.8. The van der Waals surface area contributed by atoms with Crippen molar-refractivity contribution in [3.63, 3.8) is 0 Å². The molecule has 0 radical (unpaired) electrons. The molecule has 2 aliphatic heterocycles. The number of carbonyl (C=O) groups is 3. The summed E-state index contributed by atoms with van der Waals surface area (Å²) in [6, 6.07) is 10.1. The Kier molecular flexibility index (Phi) is 12.3. The lowest BCUT2D eigenvalue weighted by atomic mass is 10.0. The molecule has 2 unspecified atom stereocenters. The lowest BCUT2D eigenvalue weighted by Crippen LogP contribution is -2.51. The molecule has 2 aliphatic rings. The Hall–Kier alpha value is -6.27. The van der Waals surface area contributed by atoms with Gasteiger partial charge in [-0.1, -0.05) is 26.8 Å². The van der Waals surface area contributed by atoms with E-state index in [1.165, 1.54) is 24.5 Å². The number of fused-ring (bicyclic) bond motifs is 5. The van der Waals surface area contributed by atoms with Gasteiger partial charge in [0.05, 0.1) is 65.1 Å². The van der Waals surface area contributed by atoms with Crippen LogP contribution in [0.5, 0.6) is 5.75 Å². The molecule has 0 bridgehead atoms. The Balaban J connectivity index is 1.13. The first kappa shape index (κ1) is 45.3. The van der Waals surface area contributed by atoms with Crippen LogP contribution in [0.3, 0.4) is 0 Å². The van der Waals surface area contributed by atoms with Gasteiger partial charge in [0.25, 0.3) is 0 Å². The number of benzene rings is 2. The highest BCUT2D eigenvalue weighted by atomic mass is 32.1. The Morgan fingerprint density at radius 3 is 2.48 bits per heavy atom. The van der Waals surface area contributed by atoms with Gasteiger partial charge >= 0.3 is 12.2 Å². The number of methoxy groups -OCH3 is 1. The highest BCUT2D eigenvalue weighted by Gasteiger charge is 2.37. The number of hydrogen-bond acceptors (Lipinski definition) is 11. The number of thiazole rings is 1. The maximum absolute atomic E-state index is 16.8. The molecule has 6 aromatic rings. The van der Waals surface area contributed by atoms with Crippen molar-refractivity contribution in [1.82, 2.24) is 44.6 Å². The fourth-order valence-corrected chi connectivity index (χ4v) is 9.35. The van der Waals surface area contributed by atoms with E-state index < -0.39 is 35.4 Å². The lowest BCUT2D eigenvalue weighted by Gasteiger charge is -2.30. The van der Waals surface area contributed by atoms with Crippen LogP contribution in [0.2, 0.25) is 0 Å². The molecule has 2 aromatic carbocycles. The van der Waals surface area contributed by atoms with Crippen molar-refractivity contribution < 1.29 is 38.1 Å². The van der Waals surface area contributed by atoms with Crippen LogP contribution in [0.1, 0.15) is 108 Å². The van der Waals surface area contributed by atoms with Crippen LogP contribution in [0.15, 0.2) is 55.0 Å². The molecule has 344 valence electrons. The molecule has 65 heavy (non-hydrogen) atoms. The van der Waals surface area contributed by atoms with E-state index in [1.807, 2.05) is 70.4 Å². The molecule has 6 heterocycles. The summed E-state index contributed by atoms with van der Waals surface area (Å²) in [5.74, 6) is 0.472. The van der Waals surface area contributed by atoms with Crippen molar-refractivity contribution in [2.45, 2.75) is 111 Å². The topological polar surface area (TPSA) is 193 Å². The van der Waals surface area contributed by atoms with Crippen LogP contribution >= 0.6 is 11.3 Å². The van der Waals surface area contributed by atoms with Crippen LogP contribution in [-0.4, -0.2) is 94.3 Å². The van der Waals surface area contributed by atoms with E-state index in [-0.39, 0.29) is 36.1 Å². The molecule has 4 aromatic heterocycles. The van der Waals surface area contributed by atoms with Gasteiger partial charge < -0.3 is 39.5 Å². The molecule has 16 nitrogen and oxygen atoms in total. The number of imidazole rings is 2. The molecule has 3 amide bonds. The summed E-state index contributed by atoms with van der Waals surface area (Å²) in [7, 11) is 1.25. The Morgan fingerprint density at radius 1 is 1.03 bits per heavy atom. The van der Waals surface area contributed by atoms with Gasteiger partial charge in [-0.25, -0.2) is 28.9 Å². The number of amides is 3. The lowest BCUT2D eigenvalue weighted by molar-refractivity contribution is -0.135. The third kappa shape index (κ3) is 9.18. The van der Waals surface area contributed by atoms with E-state index in [0.29, 0.717) is 63.7 Å². The molecule has 3 atom stereocenters. The number of nitrogens with zero attached hydrogens (tertiary/aromatic N) is 6. The van der Waals surface area contributed by atoms with E-state index in [9.17, 15) is 19.5 Å². The summed E-state index contributed by atoms with van der Waals surface area (Å²) in [6.07, 6.45) is 5.49. The Labute approximate surface area is 380 Å². The second kappa shape index (κ2) is 17.6. The monoisotopic (exact) mass is 909 g/mol. The van der Waals surface area contributed by atoms with Gasteiger partial charge in [0.1, 0.15) is 45.5 Å². The number of likely N-dealkylation sites (tertiary alicyclic amines) is 1. The van der Waals surface area contributed by atoms with Gasteiger partial charge in [0.15, 0.2) is 0 Å². The minimum absolute atomic E-state index is 0.132. The minimum atomic E-state index is -1.19. The standard InChI is InChI=1S/C47H56FN9O7S/c1-10-15-55(41(58)39(25(2)3)54-44(59)62-9)24-37-49-21-31(52-37)27-18-29(48)38-34-19-28-17-26(30-22-50-40(53-30)33-12-11-16-56(33)45(60)64-46(4,5)6)13-14-32(28)57(34)42(63-35(38)20-27)36-23-51-43(65-36)47(7,8)61/h13-14,17-23,25,33,39,42,61H,10-12,15-16,24H2,1-9H3,(H,49,52)(H,50,53)(H,54,59)/t33?,39-,42?/m0/s1. The first-order valence-electron chi connectivity index (χ1n) is 21.9. The van der Waals surface area contributed by atoms with Gasteiger partial charge in [-0.05, 0) is 90.1 Å². The summed E-state index contributed by atoms with van der Waals surface area (Å²) in [4.78, 5) is 63.5. The molecule has 8 rings (SSSR count). The number of hydrogen-bond donors (Lipinski definition) is 4. The SMILES string of the molecule is CCCN(Cc1ncc(-c2cc(F)c3c(c2)OC(c2cnc(C(C)(C)O)s2)n2c-3cc3cc(-c4cnc(C5CCCN5C(=O)OC(C)(C)C)[nH]4)ccc32)[nH]1)C(=O)[C@@H](NC(=O)OC)C(C)C. The number of aromatic amines is 2. The molecule has 0 spiro atoms. The zero-order chi connectivity index (χ0) is 46.5. The van der Waals surface area contributed by atoms with E-state index in [4.69, 9.17) is 19.2 Å². The van der Waals surface area contributed by atoms with Crippen LogP contribution in [0, 0.1) is 11.7 Å². The van der Waals surface area contributed by atoms with Gasteiger partial charge in [0, 0.05) is 35.8 Å². The molecule has 1 fully saturated rings. The van der Waals surface area contributed by atoms with Crippen molar-refractivity contribution >= 4 is 40.3 Å². The molecular formula is C47H56FN9O7S. The van der Waals surface area contributed by atoms with Crippen molar-refractivity contribution in [2.75, 3.05) is 20.2 Å². The molecule has 4 N–H and O–H groups in total. The average molecular weight is 910 g/mol. The van der Waals surface area contributed by atoms with Crippen molar-refractivity contribution in [2.24, 2.45) is 5.92 Å². The van der Waals surface area contributed by atoms with Gasteiger partial charge in [-0.15, -0.1) is 11.3 Å². The summed E-state index contributed by atoms with van der Waals surface area (Å²) < 4.78 is 36.0. The van der Waals surface area contributed by atoms with Crippen LogP contribution in [-0.2, 0) is 26.4 Å². The van der Waals surface area contributed by atoms with Crippen LogP contribution < -0.4 is 10.1 Å². The van der Waals surface area contributed by atoms with Crippen molar-refractivity contribution in [1.29, 1.82) is 0 Å². The summed E-state index contributed by atoms with van der Waals surface area (Å²) in [6.45, 7) is 15.7. The number of nitrogens with one attached hydrogen (secondary N) is 3. The number of aliphatic hydroxyl groups is 1. The van der Waals surface area contributed by atoms with Crippen molar-refractivity contribution in [3.8, 4) is 39.5 Å². The number of carbonyl (C=O) groups excluding carboxylic acids is 3. The average Bonchev–Trinajstić information content (AvgIpc) is 4.10. The van der Waals surface area contributed by atoms with Crippen LogP contribution in [0.25, 0.3) is 44.7 Å². The van der Waals surface area contributed by atoms with E-state index >= 15 is 4.39 Å². The van der Waals surface area contributed by atoms with Crippen molar-refractivity contribution in [3.05, 3.63) is 82.3 Å². The number of rotatable bonds is 12. The molecule has 18 heteroatoms. The summed E-state index contributed by atoms with van der Waals surface area (Å²) in [5.41, 5.74) is 2.46. The van der Waals surface area contributed by atoms with Gasteiger partial charge in [0.2, 0.25) is 12.1 Å². The number of aromatic nitrogens is 6. The van der Waals surface area contributed by atoms with Gasteiger partial charge in [-0.3, -0.25) is 14.3 Å². The smallest absolute Gasteiger partial charge is 0.410 e. The maximum Gasteiger partial charge on any atom is 0.410 e. The van der Waals surface area contributed by atoms with Gasteiger partial charge in [-0.2, -0.15) is 0 Å². The zero-order valence-electron chi connectivity index (χ0n) is 38.1. The second-order valence-corrected chi connectivity index (χ2v) is 19.5. The Bertz CT molecular complexity index is 2740. The molecular weight excluding hydrogens is 854 g/mol. The summed E-state index contributed by atoms with van der Waals surface area (Å²) >= 11 is 1.31. The quantitative estimate of drug-likeness (QED) is 0.0921. The predicted octanol–water partition coefficient (Wildman–Crippen LogP) is 9.04. The molecule has 1 saturated heterocycles. The molecule has 0 aliphatic carbocycles. The highest BCUT2D eigenvalue weighted by molar-refractivity contribution is 7.11. The fourth-order valence-electron chi connectivity index (χ4n) is 8.42. The van der Waals surface area contributed by atoms with E-state index in [2.05, 4.69) is 25.3 Å². The third-order valence-electron chi connectivity index (χ3n) is 11.5. The van der Waals surface area contributed by atoms with Crippen LogP contribution in [0.4, 0.5) is 14.0 Å². The molecule has 0 saturated carbocycles. The highest BCUT2D eigenvalue weighted by Crippen LogP contribution is 2.48. The predicted molar refractivity (Wildman–Crippen MR) is 243 cm³/mol. The number of alkyl carbamates (subject to hydrolysis) is 1. The normalized spacial score (nSPS) is 16.6. The fraction of sp³-hybridized carbons (Fsp3) is 0.447. The summed E-state index contributed by atoms with van der Waals surface area (Å²) in [5, 5.41) is 14.8. The largest absolute Gasteiger partial charge is 0.464 e. The number of H-pyrrole nitrogens is 2. The Morgan fingerprint density at radius 2 is 1.78 bits per heavy atom. The first-order chi connectivity index (χ1) is 30.8. The maximum atomic E-state index is 16.8. The number of ether oxygens (including phenoxy) is 3.